The minimum absolute atomic E-state index is 0. The van der Waals surface area contributed by atoms with Crippen molar-refractivity contribution in [1.29, 1.82) is 5.26 Å². The molecule has 0 saturated carbocycles. The van der Waals surface area contributed by atoms with Crippen LogP contribution >= 0.6 is 0 Å². The monoisotopic (exact) mass is 506 g/mol. The molecule has 0 N–H and O–H groups in total. The second kappa shape index (κ2) is 8.06. The summed E-state index contributed by atoms with van der Waals surface area (Å²) in [5.41, 5.74) is -1.89. The number of aromatic nitrogens is 2. The van der Waals surface area contributed by atoms with E-state index in [4.69, 9.17) is 15.1 Å². The van der Waals surface area contributed by atoms with Crippen LogP contribution in [0.25, 0.3) is 17.1 Å². The van der Waals surface area contributed by atoms with E-state index >= 15 is 0 Å². The fraction of sp³-hybridized carbons (Fsp3) is 0.200. The summed E-state index contributed by atoms with van der Waals surface area (Å²) in [7, 11) is 0. The Morgan fingerprint density at radius 2 is 2.00 bits per heavy atom. The van der Waals surface area contributed by atoms with Crippen molar-refractivity contribution in [3.63, 3.8) is 0 Å². The molecular weight excluding hydrogens is 474 g/mol. The van der Waals surface area contributed by atoms with Crippen LogP contribution in [0.5, 0.6) is 0 Å². The van der Waals surface area contributed by atoms with Gasteiger partial charge in [0.2, 0.25) is 0 Å². The molecule has 0 bridgehead atoms. The van der Waals surface area contributed by atoms with Crippen molar-refractivity contribution >= 4 is 0 Å². The van der Waals surface area contributed by atoms with Gasteiger partial charge in [0.1, 0.15) is 0 Å². The number of nitrogens with zero attached hydrogens (tertiary/aromatic N) is 3. The molecule has 3 rings (SSSR count). The molecule has 0 amide bonds. The molecule has 2 aromatic carbocycles. The van der Waals surface area contributed by atoms with Crippen LogP contribution in [0.4, 0.5) is 0 Å². The van der Waals surface area contributed by atoms with Gasteiger partial charge in [0.25, 0.3) is 0 Å². The van der Waals surface area contributed by atoms with Crippen LogP contribution in [-0.2, 0) is 20.1 Å². The van der Waals surface area contributed by atoms with E-state index in [2.05, 4.69) is 11.1 Å². The Hall–Kier alpha value is -2.21. The molecule has 3 aromatic rings. The van der Waals surface area contributed by atoms with E-state index in [0.29, 0.717) is 0 Å². The molecule has 125 valence electrons. The van der Waals surface area contributed by atoms with Crippen molar-refractivity contribution < 1.29 is 35.2 Å². The largest absolute Gasteiger partial charge is 0.340 e. The van der Waals surface area contributed by atoms with E-state index in [1.165, 1.54) is 18.2 Å². The van der Waals surface area contributed by atoms with Crippen LogP contribution in [-0.4, -0.2) is 9.55 Å². The average Bonchev–Trinajstić information content (AvgIpc) is 2.99. The van der Waals surface area contributed by atoms with Gasteiger partial charge >= 0.3 is 0 Å². The maximum atomic E-state index is 9.20. The molecule has 0 saturated heterocycles. The van der Waals surface area contributed by atoms with Gasteiger partial charge in [-0.1, -0.05) is 25.1 Å². The maximum Gasteiger partial charge on any atom is 0.0846 e. The summed E-state index contributed by atoms with van der Waals surface area (Å²) < 4.78 is 87.9. The smallest absolute Gasteiger partial charge is 0.0846 e. The summed E-state index contributed by atoms with van der Waals surface area (Å²) in [5.74, 6) is -0.181. The molecule has 0 aliphatic rings. The Balaban J connectivity index is 0.00000306. The van der Waals surface area contributed by atoms with E-state index in [1.807, 2.05) is 6.07 Å². The minimum atomic E-state index is -2.97. The van der Waals surface area contributed by atoms with E-state index < -0.39 is 55.3 Å². The van der Waals surface area contributed by atoms with Crippen molar-refractivity contribution in [2.45, 2.75) is 28.0 Å². The van der Waals surface area contributed by atoms with Crippen molar-refractivity contribution in [1.82, 2.24) is 9.55 Å². The SMILES string of the molecule is C.[2H]c1nc(-c2[c-]ccc(C#N)c2)n(-c2c(C([2H])([2H])[2H])cc(C([2H])([2H])[2H])cc2C([2H])([2H])[2H])c1[2H].[Ir]. The average molecular weight is 506 g/mol. The molecule has 0 fully saturated rings. The first kappa shape index (κ1) is 8.76. The molecule has 1 aromatic heterocycles. The fourth-order valence-electron chi connectivity index (χ4n) is 2.11. The molecule has 1 heterocycles. The standard InChI is InChI=1S/C19H16N3.CH4.Ir/c1-13-9-14(2)18(15(3)10-13)22-8-7-21-19(22)17-6-4-5-16(11-17)12-20;;/h4-5,7-11H,1-3H3;1H4;/q-1;;/i1D3,2D3,3D3,7D,8D;;. The van der Waals surface area contributed by atoms with Crippen LogP contribution in [0.15, 0.2) is 42.7 Å². The van der Waals surface area contributed by atoms with E-state index in [0.717, 1.165) is 16.7 Å². The number of imidazole rings is 1. The van der Waals surface area contributed by atoms with Crippen LogP contribution < -0.4 is 0 Å². The molecule has 3 nitrogen and oxygen atoms in total. The predicted octanol–water partition coefficient (Wildman–Crippen LogP) is 4.77. The van der Waals surface area contributed by atoms with Gasteiger partial charge in [-0.3, -0.25) is 4.98 Å². The number of nitriles is 1. The Kier molecular flexibility index (Phi) is 2.94. The first-order valence-corrected chi connectivity index (χ1v) is 6.23. The van der Waals surface area contributed by atoms with Crippen molar-refractivity contribution in [3.8, 4) is 23.1 Å². The van der Waals surface area contributed by atoms with Gasteiger partial charge in [0, 0.05) is 50.5 Å². The Labute approximate surface area is 172 Å². The van der Waals surface area contributed by atoms with Gasteiger partial charge in [-0.25, -0.2) is 0 Å². The van der Waals surface area contributed by atoms with Crippen molar-refractivity contribution in [2.24, 2.45) is 0 Å². The normalized spacial score (nSPS) is 17.9. The summed E-state index contributed by atoms with van der Waals surface area (Å²) in [6.45, 7) is -8.73. The van der Waals surface area contributed by atoms with Gasteiger partial charge in [0.05, 0.1) is 14.6 Å². The van der Waals surface area contributed by atoms with E-state index in [9.17, 15) is 5.26 Å². The van der Waals surface area contributed by atoms with Gasteiger partial charge in [-0.2, -0.15) is 5.26 Å². The predicted molar refractivity (Wildman–Crippen MR) is 93.5 cm³/mol. The van der Waals surface area contributed by atoms with E-state index in [-0.39, 0.29) is 44.5 Å². The topological polar surface area (TPSA) is 41.6 Å². The molecule has 0 aliphatic heterocycles. The number of hydrogen-bond acceptors (Lipinski definition) is 2. The fourth-order valence-corrected chi connectivity index (χ4v) is 2.11. The van der Waals surface area contributed by atoms with Crippen LogP contribution in [0, 0.1) is 38.0 Å². The summed E-state index contributed by atoms with van der Waals surface area (Å²) in [6, 6.07) is 10.6. The first-order chi connectivity index (χ1) is 15.1. The first-order valence-electron chi connectivity index (χ1n) is 11.7. The summed E-state index contributed by atoms with van der Waals surface area (Å²) in [5, 5.41) is 9.20. The zero-order chi connectivity index (χ0) is 24.9. The molecule has 0 spiro atoms. The molecular formula is C20H20IrN3-. The summed E-state index contributed by atoms with van der Waals surface area (Å²) >= 11 is 0. The maximum absolute atomic E-state index is 9.20. The Bertz CT molecular complexity index is 1230. The number of hydrogen-bond donors (Lipinski definition) is 0. The molecule has 24 heavy (non-hydrogen) atoms. The molecule has 0 aliphatic carbocycles. The number of rotatable bonds is 2. The third-order valence-electron chi connectivity index (χ3n) is 3.04. The molecule has 0 unspecified atom stereocenters. The Morgan fingerprint density at radius 1 is 1.25 bits per heavy atom. The minimum Gasteiger partial charge on any atom is -0.340 e. The van der Waals surface area contributed by atoms with Crippen LogP contribution in [0.1, 0.15) is 44.8 Å². The second-order valence-electron chi connectivity index (χ2n) is 4.52. The van der Waals surface area contributed by atoms with E-state index in [1.54, 1.807) is 0 Å². The van der Waals surface area contributed by atoms with Gasteiger partial charge < -0.3 is 4.57 Å². The van der Waals surface area contributed by atoms with Crippen molar-refractivity contribution in [3.05, 3.63) is 71.0 Å². The van der Waals surface area contributed by atoms with Crippen LogP contribution in [0.3, 0.4) is 0 Å². The van der Waals surface area contributed by atoms with Gasteiger partial charge in [0.15, 0.2) is 0 Å². The van der Waals surface area contributed by atoms with Gasteiger partial charge in [-0.15, -0.1) is 29.8 Å². The summed E-state index contributed by atoms with van der Waals surface area (Å²) in [4.78, 5) is 3.97. The summed E-state index contributed by atoms with van der Waals surface area (Å²) in [6.07, 6.45) is -1.19. The third-order valence-corrected chi connectivity index (χ3v) is 3.04. The number of benzene rings is 2. The quantitative estimate of drug-likeness (QED) is 0.471. The molecule has 1 radical (unpaired) electrons. The Morgan fingerprint density at radius 3 is 2.62 bits per heavy atom. The zero-order valence-electron chi connectivity index (χ0n) is 22.6. The van der Waals surface area contributed by atoms with Crippen LogP contribution in [0.2, 0.25) is 0 Å². The molecule has 4 heteroatoms. The number of aryl methyl sites for hydroxylation is 3. The second-order valence-corrected chi connectivity index (χ2v) is 4.52. The molecule has 0 atom stereocenters. The van der Waals surface area contributed by atoms with Gasteiger partial charge in [-0.05, 0) is 37.2 Å². The zero-order valence-corrected chi connectivity index (χ0v) is 14.0. The van der Waals surface area contributed by atoms with Crippen molar-refractivity contribution in [2.75, 3.05) is 0 Å². The third kappa shape index (κ3) is 3.64.